The molecule has 0 radical (unpaired) electrons. The summed E-state index contributed by atoms with van der Waals surface area (Å²) in [4.78, 5) is 22.1. The van der Waals surface area contributed by atoms with Crippen molar-refractivity contribution in [1.82, 2.24) is 25.5 Å². The molecule has 0 aliphatic carbocycles. The Hall–Kier alpha value is -3.04. The summed E-state index contributed by atoms with van der Waals surface area (Å²) in [5.41, 5.74) is 0.461. The zero-order valence-electron chi connectivity index (χ0n) is 12.3. The highest BCUT2D eigenvalue weighted by atomic mass is 19.1. The fourth-order valence-electron chi connectivity index (χ4n) is 1.82. The second-order valence-electron chi connectivity index (χ2n) is 4.68. The summed E-state index contributed by atoms with van der Waals surface area (Å²) in [5, 5.41) is 24.3. The van der Waals surface area contributed by atoms with Gasteiger partial charge in [0.25, 0.3) is 0 Å². The number of benzene rings is 1. The van der Waals surface area contributed by atoms with Crippen LogP contribution in [0.1, 0.15) is 18.7 Å². The van der Waals surface area contributed by atoms with E-state index in [0.717, 1.165) is 0 Å². The standard InChI is InChI=1S/C13H15FN6O3/c1-8-17-18-19-20(8)11-7-9(4-5-10(11)14)16-13(23)15-6-2-3-12(21)22/h4-5,7H,2-3,6H2,1H3,(H,21,22)(H2,15,16,23). The van der Waals surface area contributed by atoms with Gasteiger partial charge in [-0.2, -0.15) is 4.68 Å². The number of carbonyl (C=O) groups excluding carboxylic acids is 1. The number of hydrogen-bond donors (Lipinski definition) is 3. The van der Waals surface area contributed by atoms with Gasteiger partial charge in [-0.3, -0.25) is 4.79 Å². The second-order valence-corrected chi connectivity index (χ2v) is 4.68. The molecule has 1 aromatic heterocycles. The number of aryl methyl sites for hydroxylation is 1. The van der Waals surface area contributed by atoms with Crippen molar-refractivity contribution < 1.29 is 19.1 Å². The van der Waals surface area contributed by atoms with Gasteiger partial charge in [0.2, 0.25) is 0 Å². The Labute approximate surface area is 130 Å². The molecule has 3 N–H and O–H groups in total. The van der Waals surface area contributed by atoms with Crippen LogP contribution in [0.3, 0.4) is 0 Å². The predicted molar refractivity (Wildman–Crippen MR) is 77.7 cm³/mol. The monoisotopic (exact) mass is 322 g/mol. The van der Waals surface area contributed by atoms with Crippen LogP contribution in [0.2, 0.25) is 0 Å². The third kappa shape index (κ3) is 4.46. The van der Waals surface area contributed by atoms with E-state index in [1.165, 1.54) is 22.9 Å². The molecule has 0 spiro atoms. The van der Waals surface area contributed by atoms with Crippen molar-refractivity contribution in [2.45, 2.75) is 19.8 Å². The molecule has 0 fully saturated rings. The number of nitrogens with zero attached hydrogens (tertiary/aromatic N) is 4. The summed E-state index contributed by atoms with van der Waals surface area (Å²) in [6.45, 7) is 1.84. The molecule has 0 saturated heterocycles. The summed E-state index contributed by atoms with van der Waals surface area (Å²) in [5.74, 6) is -1.06. The van der Waals surface area contributed by atoms with Gasteiger partial charge in [0.15, 0.2) is 5.82 Å². The van der Waals surface area contributed by atoms with E-state index in [9.17, 15) is 14.0 Å². The first-order valence-corrected chi connectivity index (χ1v) is 6.79. The number of aromatic nitrogens is 4. The summed E-state index contributed by atoms with van der Waals surface area (Å²) in [6.07, 6.45) is 0.292. The number of halogens is 1. The zero-order chi connectivity index (χ0) is 16.8. The lowest BCUT2D eigenvalue weighted by Gasteiger charge is -2.09. The van der Waals surface area contributed by atoms with Gasteiger partial charge < -0.3 is 15.7 Å². The minimum atomic E-state index is -0.924. The fourth-order valence-corrected chi connectivity index (χ4v) is 1.82. The summed E-state index contributed by atoms with van der Waals surface area (Å²) < 4.78 is 15.1. The van der Waals surface area contributed by atoms with E-state index in [-0.39, 0.29) is 18.7 Å². The lowest BCUT2D eigenvalue weighted by molar-refractivity contribution is -0.137. The molecule has 23 heavy (non-hydrogen) atoms. The molecule has 0 saturated carbocycles. The number of carboxylic acid groups (broad SMARTS) is 1. The van der Waals surface area contributed by atoms with Crippen LogP contribution in [0.25, 0.3) is 5.69 Å². The molecule has 1 aromatic carbocycles. The van der Waals surface area contributed by atoms with Gasteiger partial charge in [-0.05, 0) is 42.0 Å². The lowest BCUT2D eigenvalue weighted by Crippen LogP contribution is -2.29. The lowest BCUT2D eigenvalue weighted by atomic mass is 10.2. The van der Waals surface area contributed by atoms with E-state index in [1.54, 1.807) is 6.92 Å². The maximum Gasteiger partial charge on any atom is 0.319 e. The Kier molecular flexibility index (Phi) is 5.18. The van der Waals surface area contributed by atoms with Crippen molar-refractivity contribution in [3.8, 4) is 5.69 Å². The van der Waals surface area contributed by atoms with Crippen LogP contribution in [-0.2, 0) is 4.79 Å². The molecule has 2 aromatic rings. The molecule has 122 valence electrons. The van der Waals surface area contributed by atoms with Crippen LogP contribution in [0, 0.1) is 12.7 Å². The van der Waals surface area contributed by atoms with Crippen molar-refractivity contribution in [3.63, 3.8) is 0 Å². The molecule has 0 bridgehead atoms. The number of carbonyl (C=O) groups is 2. The Morgan fingerprint density at radius 2 is 2.17 bits per heavy atom. The van der Waals surface area contributed by atoms with E-state index < -0.39 is 17.8 Å². The van der Waals surface area contributed by atoms with Gasteiger partial charge in [0.1, 0.15) is 11.5 Å². The zero-order valence-corrected chi connectivity index (χ0v) is 12.3. The first-order chi connectivity index (χ1) is 11.0. The summed E-state index contributed by atoms with van der Waals surface area (Å²) in [7, 11) is 0. The van der Waals surface area contributed by atoms with E-state index in [0.29, 0.717) is 17.9 Å². The molecular formula is C13H15FN6O3. The first-order valence-electron chi connectivity index (χ1n) is 6.79. The van der Waals surface area contributed by atoms with Gasteiger partial charge in [-0.1, -0.05) is 0 Å². The normalized spacial score (nSPS) is 10.3. The molecule has 0 unspecified atom stereocenters. The van der Waals surface area contributed by atoms with Crippen molar-refractivity contribution in [1.29, 1.82) is 0 Å². The summed E-state index contributed by atoms with van der Waals surface area (Å²) in [6, 6.07) is 3.47. The highest BCUT2D eigenvalue weighted by Crippen LogP contribution is 2.18. The Bertz CT molecular complexity index is 717. The molecule has 9 nitrogen and oxygen atoms in total. The first kappa shape index (κ1) is 16.3. The number of anilines is 1. The van der Waals surface area contributed by atoms with Gasteiger partial charge in [-0.25, -0.2) is 9.18 Å². The highest BCUT2D eigenvalue weighted by molar-refractivity contribution is 5.89. The quantitative estimate of drug-likeness (QED) is 0.684. The smallest absolute Gasteiger partial charge is 0.319 e. The summed E-state index contributed by atoms with van der Waals surface area (Å²) >= 11 is 0. The molecule has 0 aliphatic rings. The third-order valence-electron chi connectivity index (χ3n) is 2.91. The Morgan fingerprint density at radius 1 is 1.39 bits per heavy atom. The van der Waals surface area contributed by atoms with Crippen molar-refractivity contribution in [3.05, 3.63) is 29.8 Å². The highest BCUT2D eigenvalue weighted by Gasteiger charge is 2.11. The van der Waals surface area contributed by atoms with Crippen molar-refractivity contribution in [2.75, 3.05) is 11.9 Å². The predicted octanol–water partition coefficient (Wildman–Crippen LogP) is 1.10. The molecule has 0 aliphatic heterocycles. The Balaban J connectivity index is 2.00. The molecule has 1 heterocycles. The average molecular weight is 322 g/mol. The van der Waals surface area contributed by atoms with E-state index in [1.807, 2.05) is 0 Å². The fraction of sp³-hybridized carbons (Fsp3) is 0.308. The topological polar surface area (TPSA) is 122 Å². The number of amides is 2. The van der Waals surface area contributed by atoms with Gasteiger partial charge in [-0.15, -0.1) is 5.10 Å². The average Bonchev–Trinajstić information content (AvgIpc) is 2.91. The maximum absolute atomic E-state index is 13.9. The van der Waals surface area contributed by atoms with Crippen LogP contribution >= 0.6 is 0 Å². The number of carboxylic acids is 1. The number of nitrogens with one attached hydrogen (secondary N) is 2. The number of tetrazole rings is 1. The van der Waals surface area contributed by atoms with E-state index in [4.69, 9.17) is 5.11 Å². The van der Waals surface area contributed by atoms with Crippen molar-refractivity contribution >= 4 is 17.7 Å². The van der Waals surface area contributed by atoms with Gasteiger partial charge in [0, 0.05) is 18.7 Å². The molecule has 10 heteroatoms. The molecule has 2 rings (SSSR count). The number of urea groups is 1. The second kappa shape index (κ2) is 7.29. The minimum Gasteiger partial charge on any atom is -0.481 e. The maximum atomic E-state index is 13.9. The number of rotatable bonds is 6. The van der Waals surface area contributed by atoms with E-state index in [2.05, 4.69) is 26.2 Å². The largest absolute Gasteiger partial charge is 0.481 e. The number of hydrogen-bond acceptors (Lipinski definition) is 5. The molecule has 2 amide bonds. The van der Waals surface area contributed by atoms with Gasteiger partial charge in [0.05, 0.1) is 0 Å². The molecule has 0 atom stereocenters. The molecular weight excluding hydrogens is 307 g/mol. The van der Waals surface area contributed by atoms with Crippen LogP contribution in [0.15, 0.2) is 18.2 Å². The SMILES string of the molecule is Cc1nnnn1-c1cc(NC(=O)NCCCC(=O)O)ccc1F. The van der Waals surface area contributed by atoms with E-state index >= 15 is 0 Å². The Morgan fingerprint density at radius 3 is 2.83 bits per heavy atom. The van der Waals surface area contributed by atoms with Crippen LogP contribution in [-0.4, -0.2) is 43.9 Å². The third-order valence-corrected chi connectivity index (χ3v) is 2.91. The van der Waals surface area contributed by atoms with Crippen LogP contribution in [0.4, 0.5) is 14.9 Å². The van der Waals surface area contributed by atoms with Crippen molar-refractivity contribution in [2.24, 2.45) is 0 Å². The van der Waals surface area contributed by atoms with Crippen LogP contribution < -0.4 is 10.6 Å². The van der Waals surface area contributed by atoms with Crippen LogP contribution in [0.5, 0.6) is 0 Å². The van der Waals surface area contributed by atoms with Gasteiger partial charge >= 0.3 is 12.0 Å². The minimum absolute atomic E-state index is 0.0282. The number of aliphatic carboxylic acids is 1.